The summed E-state index contributed by atoms with van der Waals surface area (Å²) in [6.07, 6.45) is 0. The number of amides is 1. The van der Waals surface area contributed by atoms with Gasteiger partial charge in [0.1, 0.15) is 10.6 Å². The number of anilines is 1. The molecule has 176 valence electrons. The van der Waals surface area contributed by atoms with E-state index in [1.807, 2.05) is 24.3 Å². The summed E-state index contributed by atoms with van der Waals surface area (Å²) in [5.74, 6) is -0.186. The molecule has 0 aliphatic carbocycles. The molecular formula is C22H25N3O6S2. The summed E-state index contributed by atoms with van der Waals surface area (Å²) >= 11 is 1.39. The van der Waals surface area contributed by atoms with Crippen molar-refractivity contribution in [1.82, 2.24) is 9.29 Å². The van der Waals surface area contributed by atoms with E-state index in [-0.39, 0.29) is 41.7 Å². The van der Waals surface area contributed by atoms with E-state index >= 15 is 0 Å². The summed E-state index contributed by atoms with van der Waals surface area (Å²) in [7, 11) is -0.908. The van der Waals surface area contributed by atoms with Gasteiger partial charge in [-0.25, -0.2) is 13.4 Å². The Labute approximate surface area is 196 Å². The second-order valence-electron chi connectivity index (χ2n) is 7.30. The van der Waals surface area contributed by atoms with Crippen molar-refractivity contribution in [2.45, 2.75) is 4.90 Å². The lowest BCUT2D eigenvalue weighted by Crippen LogP contribution is -2.41. The fraction of sp³-hybridized carbons (Fsp3) is 0.364. The molecule has 0 bridgehead atoms. The topological polar surface area (TPSA) is 98.3 Å². The number of aromatic nitrogens is 1. The van der Waals surface area contributed by atoms with Crippen LogP contribution in [-0.2, 0) is 19.5 Å². The highest BCUT2D eigenvalue weighted by atomic mass is 32.2. The molecule has 1 saturated heterocycles. The summed E-state index contributed by atoms with van der Waals surface area (Å²) in [6, 6.07) is 12.1. The van der Waals surface area contributed by atoms with Gasteiger partial charge in [-0.3, -0.25) is 9.69 Å². The standard InChI is InChI=1S/C22H25N3O6S2/c1-29-12-11-25(22-23-17-5-3-4-6-19(17)32-22)21(26)16-7-8-18(30-2)20(15-16)33(27,28)24-9-13-31-14-10-24/h3-8,15H,9-14H2,1-2H3. The number of benzene rings is 2. The fourth-order valence-electron chi connectivity index (χ4n) is 3.54. The van der Waals surface area contributed by atoms with Gasteiger partial charge in [-0.1, -0.05) is 23.5 Å². The predicted octanol–water partition coefficient (Wildman–Crippen LogP) is 2.62. The number of carbonyl (C=O) groups is 1. The van der Waals surface area contributed by atoms with Gasteiger partial charge in [-0.15, -0.1) is 0 Å². The zero-order valence-electron chi connectivity index (χ0n) is 18.4. The maximum Gasteiger partial charge on any atom is 0.260 e. The molecule has 1 fully saturated rings. The Bertz CT molecular complexity index is 1200. The molecule has 33 heavy (non-hydrogen) atoms. The second-order valence-corrected chi connectivity index (χ2v) is 10.2. The van der Waals surface area contributed by atoms with Crippen LogP contribution in [0.3, 0.4) is 0 Å². The number of morpholine rings is 1. The van der Waals surface area contributed by atoms with Gasteiger partial charge in [0.2, 0.25) is 10.0 Å². The highest BCUT2D eigenvalue weighted by molar-refractivity contribution is 7.89. The monoisotopic (exact) mass is 491 g/mol. The first-order chi connectivity index (χ1) is 16.0. The van der Waals surface area contributed by atoms with E-state index in [1.165, 1.54) is 39.8 Å². The van der Waals surface area contributed by atoms with Gasteiger partial charge in [0.15, 0.2) is 5.13 Å². The van der Waals surface area contributed by atoms with E-state index in [0.717, 1.165) is 10.2 Å². The molecule has 0 N–H and O–H groups in total. The molecule has 2 heterocycles. The molecule has 1 aliphatic heterocycles. The van der Waals surface area contributed by atoms with E-state index in [2.05, 4.69) is 4.98 Å². The minimum atomic E-state index is -3.87. The molecule has 1 amide bonds. The van der Waals surface area contributed by atoms with Crippen LogP contribution in [0.15, 0.2) is 47.4 Å². The Balaban J connectivity index is 1.72. The van der Waals surface area contributed by atoms with Gasteiger partial charge >= 0.3 is 0 Å². The van der Waals surface area contributed by atoms with Crippen LogP contribution in [0.4, 0.5) is 5.13 Å². The van der Waals surface area contributed by atoms with Crippen LogP contribution < -0.4 is 9.64 Å². The van der Waals surface area contributed by atoms with Gasteiger partial charge in [0.25, 0.3) is 5.91 Å². The zero-order chi connectivity index (χ0) is 23.4. The quantitative estimate of drug-likeness (QED) is 0.478. The molecule has 3 aromatic rings. The smallest absolute Gasteiger partial charge is 0.260 e. The predicted molar refractivity (Wildman–Crippen MR) is 126 cm³/mol. The van der Waals surface area contributed by atoms with Crippen LogP contribution in [-0.4, -0.2) is 77.3 Å². The molecule has 9 nitrogen and oxygen atoms in total. The number of hydrogen-bond acceptors (Lipinski definition) is 8. The lowest BCUT2D eigenvalue weighted by atomic mass is 10.2. The van der Waals surface area contributed by atoms with Gasteiger partial charge in [-0.2, -0.15) is 4.31 Å². The molecule has 4 rings (SSSR count). The van der Waals surface area contributed by atoms with Crippen molar-refractivity contribution in [3.8, 4) is 5.75 Å². The third kappa shape index (κ3) is 4.87. The van der Waals surface area contributed by atoms with Crippen LogP contribution in [0.5, 0.6) is 5.75 Å². The third-order valence-electron chi connectivity index (χ3n) is 5.28. The van der Waals surface area contributed by atoms with Crippen LogP contribution in [0.1, 0.15) is 10.4 Å². The van der Waals surface area contributed by atoms with Gasteiger partial charge in [0, 0.05) is 25.8 Å². The van der Waals surface area contributed by atoms with Crippen LogP contribution in [0.25, 0.3) is 10.2 Å². The lowest BCUT2D eigenvalue weighted by molar-refractivity contribution is 0.0729. The lowest BCUT2D eigenvalue weighted by Gasteiger charge is -2.27. The average molecular weight is 492 g/mol. The highest BCUT2D eigenvalue weighted by Crippen LogP contribution is 2.32. The van der Waals surface area contributed by atoms with Crippen molar-refractivity contribution in [2.75, 3.05) is 58.6 Å². The molecule has 0 saturated carbocycles. The summed E-state index contributed by atoms with van der Waals surface area (Å²) in [5.41, 5.74) is 1.01. The summed E-state index contributed by atoms with van der Waals surface area (Å²) in [5, 5.41) is 0.520. The number of thiazole rings is 1. The Kier molecular flexibility index (Phi) is 7.25. The summed E-state index contributed by atoms with van der Waals surface area (Å²) in [6.45, 7) is 1.71. The molecule has 0 spiro atoms. The van der Waals surface area contributed by atoms with Gasteiger partial charge < -0.3 is 14.2 Å². The SMILES string of the molecule is COCCN(C(=O)c1ccc(OC)c(S(=O)(=O)N2CCOCC2)c1)c1nc2ccccc2s1. The Morgan fingerprint density at radius 2 is 1.94 bits per heavy atom. The number of para-hydroxylation sites is 1. The first-order valence-electron chi connectivity index (χ1n) is 10.4. The number of methoxy groups -OCH3 is 2. The van der Waals surface area contributed by atoms with Crippen molar-refractivity contribution < 1.29 is 27.4 Å². The van der Waals surface area contributed by atoms with Crippen LogP contribution >= 0.6 is 11.3 Å². The minimum absolute atomic E-state index is 0.0475. The largest absolute Gasteiger partial charge is 0.495 e. The number of ether oxygens (including phenoxy) is 3. The molecule has 11 heteroatoms. The molecule has 1 aliphatic rings. The van der Waals surface area contributed by atoms with Gasteiger partial charge in [0.05, 0.1) is 43.7 Å². The Hall–Kier alpha value is -2.57. The maximum atomic E-state index is 13.6. The molecule has 0 unspecified atom stereocenters. The number of hydrogen-bond donors (Lipinski definition) is 0. The van der Waals surface area contributed by atoms with E-state index < -0.39 is 10.0 Å². The van der Waals surface area contributed by atoms with Gasteiger partial charge in [-0.05, 0) is 30.3 Å². The van der Waals surface area contributed by atoms with E-state index in [4.69, 9.17) is 14.2 Å². The van der Waals surface area contributed by atoms with E-state index in [0.29, 0.717) is 25.0 Å². The van der Waals surface area contributed by atoms with Crippen molar-refractivity contribution >= 4 is 42.6 Å². The van der Waals surface area contributed by atoms with Crippen molar-refractivity contribution in [3.63, 3.8) is 0 Å². The average Bonchev–Trinajstić information content (AvgIpc) is 3.28. The third-order valence-corrected chi connectivity index (χ3v) is 8.26. The summed E-state index contributed by atoms with van der Waals surface area (Å²) in [4.78, 5) is 19.6. The second kappa shape index (κ2) is 10.1. The number of carbonyl (C=O) groups excluding carboxylic acids is 1. The van der Waals surface area contributed by atoms with E-state index in [1.54, 1.807) is 13.2 Å². The van der Waals surface area contributed by atoms with Crippen LogP contribution in [0.2, 0.25) is 0 Å². The Morgan fingerprint density at radius 3 is 2.64 bits per heavy atom. The Morgan fingerprint density at radius 1 is 1.18 bits per heavy atom. The van der Waals surface area contributed by atoms with Crippen molar-refractivity contribution in [3.05, 3.63) is 48.0 Å². The normalized spacial score (nSPS) is 15.0. The maximum absolute atomic E-state index is 13.6. The molecule has 0 radical (unpaired) electrons. The number of rotatable bonds is 8. The first kappa shape index (κ1) is 23.6. The molecular weight excluding hydrogens is 466 g/mol. The summed E-state index contributed by atoms with van der Waals surface area (Å²) < 4.78 is 44.7. The fourth-order valence-corrected chi connectivity index (χ4v) is 6.11. The number of sulfonamides is 1. The molecule has 0 atom stereocenters. The highest BCUT2D eigenvalue weighted by Gasteiger charge is 2.31. The zero-order valence-corrected chi connectivity index (χ0v) is 20.0. The molecule has 2 aromatic carbocycles. The van der Waals surface area contributed by atoms with E-state index in [9.17, 15) is 13.2 Å². The molecule has 1 aromatic heterocycles. The minimum Gasteiger partial charge on any atom is -0.495 e. The van der Waals surface area contributed by atoms with Crippen LogP contribution in [0, 0.1) is 0 Å². The van der Waals surface area contributed by atoms with Crippen molar-refractivity contribution in [2.24, 2.45) is 0 Å². The first-order valence-corrected chi connectivity index (χ1v) is 12.6. The van der Waals surface area contributed by atoms with Crippen molar-refractivity contribution in [1.29, 1.82) is 0 Å². The number of fused-ring (bicyclic) bond motifs is 1. The number of nitrogens with zero attached hydrogens (tertiary/aromatic N) is 3.